The molecule has 0 aromatic heterocycles. The van der Waals surface area contributed by atoms with Gasteiger partial charge in [-0.1, -0.05) is 263 Å². The lowest BCUT2D eigenvalue weighted by Gasteiger charge is -2.38. The van der Waals surface area contributed by atoms with Gasteiger partial charge in [-0.3, -0.25) is 0 Å². The summed E-state index contributed by atoms with van der Waals surface area (Å²) in [5.41, 5.74) is 20.8. The summed E-state index contributed by atoms with van der Waals surface area (Å²) in [6.45, 7) is 6.86. The van der Waals surface area contributed by atoms with Gasteiger partial charge in [-0.05, 0) is 108 Å². The number of allylic oxidation sites excluding steroid dienone is 4. The van der Waals surface area contributed by atoms with Crippen LogP contribution in [0.4, 0.5) is 17.1 Å². The van der Waals surface area contributed by atoms with E-state index in [0.717, 1.165) is 23.5 Å². The second-order valence-electron chi connectivity index (χ2n) is 19.9. The first-order valence-corrected chi connectivity index (χ1v) is 24.8. The minimum Gasteiger partial charge on any atom is -0.309 e. The molecule has 0 saturated carbocycles. The van der Waals surface area contributed by atoms with Crippen molar-refractivity contribution >= 4 is 33.4 Å². The van der Waals surface area contributed by atoms with Gasteiger partial charge in [0.2, 0.25) is 0 Å². The van der Waals surface area contributed by atoms with Crippen LogP contribution in [0.5, 0.6) is 0 Å². The Morgan fingerprint density at radius 2 is 0.914 bits per heavy atom. The van der Waals surface area contributed by atoms with Gasteiger partial charge in [0.05, 0.1) is 16.8 Å². The molecule has 2 aliphatic carbocycles. The van der Waals surface area contributed by atoms with Crippen LogP contribution in [-0.2, 0) is 10.8 Å². The molecule has 0 spiro atoms. The molecule has 1 nitrogen and oxygen atoms in total. The van der Waals surface area contributed by atoms with Crippen molar-refractivity contribution in [3.05, 3.63) is 300 Å². The van der Waals surface area contributed by atoms with Crippen molar-refractivity contribution in [2.75, 3.05) is 4.90 Å². The van der Waals surface area contributed by atoms with Crippen molar-refractivity contribution in [1.29, 1.82) is 0 Å². The first-order chi connectivity index (χ1) is 34.4. The van der Waals surface area contributed by atoms with E-state index in [9.17, 15) is 0 Å². The minimum absolute atomic E-state index is 0.0428. The average molecular weight is 898 g/mol. The Morgan fingerprint density at radius 1 is 0.414 bits per heavy atom. The third-order valence-electron chi connectivity index (χ3n) is 14.9. The molecule has 1 atom stereocenters. The molecule has 0 heterocycles. The summed E-state index contributed by atoms with van der Waals surface area (Å²) in [6.07, 6.45) is 5.78. The Hall–Kier alpha value is -8.26. The van der Waals surface area contributed by atoms with Crippen LogP contribution in [0.25, 0.3) is 49.7 Å². The second-order valence-corrected chi connectivity index (χ2v) is 19.9. The molecule has 2 aliphatic rings. The van der Waals surface area contributed by atoms with Crippen molar-refractivity contribution in [2.24, 2.45) is 0 Å². The first-order valence-electron chi connectivity index (χ1n) is 24.8. The van der Waals surface area contributed by atoms with E-state index in [1.807, 2.05) is 0 Å². The molecule has 0 aliphatic heterocycles. The minimum atomic E-state index is -0.449. The Balaban J connectivity index is 1.08. The summed E-state index contributed by atoms with van der Waals surface area (Å²) in [5, 5.41) is 2.46. The number of nitrogens with zero attached hydrogens (tertiary/aromatic N) is 1. The number of para-hydroxylation sites is 3. The van der Waals surface area contributed by atoms with Gasteiger partial charge >= 0.3 is 0 Å². The number of benzene rings is 10. The molecule has 0 N–H and O–H groups in total. The monoisotopic (exact) mass is 897 g/mol. The van der Waals surface area contributed by atoms with E-state index in [-0.39, 0.29) is 11.3 Å². The largest absolute Gasteiger partial charge is 0.309 e. The maximum Gasteiger partial charge on any atom is 0.0676 e. The smallest absolute Gasteiger partial charge is 0.0676 e. The Labute approximate surface area is 413 Å². The number of anilines is 3. The lowest BCUT2D eigenvalue weighted by Crippen LogP contribution is -2.31. The van der Waals surface area contributed by atoms with Crippen LogP contribution < -0.4 is 4.90 Å². The highest BCUT2D eigenvalue weighted by Crippen LogP contribution is 2.59. The molecule has 336 valence electrons. The Morgan fingerprint density at radius 3 is 1.57 bits per heavy atom. The first kappa shape index (κ1) is 43.0. The number of fused-ring (bicyclic) bond motifs is 3. The zero-order chi connectivity index (χ0) is 47.2. The summed E-state index contributed by atoms with van der Waals surface area (Å²) in [7, 11) is 0. The molecular weight excluding hydrogens is 843 g/mol. The van der Waals surface area contributed by atoms with Gasteiger partial charge in [-0.2, -0.15) is 0 Å². The van der Waals surface area contributed by atoms with Gasteiger partial charge in [0.25, 0.3) is 0 Å². The van der Waals surface area contributed by atoms with Crippen molar-refractivity contribution in [3.63, 3.8) is 0 Å². The van der Waals surface area contributed by atoms with Crippen LogP contribution in [0.15, 0.2) is 266 Å². The van der Waals surface area contributed by atoms with E-state index < -0.39 is 5.41 Å². The molecular formula is C69H55N. The van der Waals surface area contributed by atoms with Crippen LogP contribution in [-0.4, -0.2) is 0 Å². The van der Waals surface area contributed by atoms with E-state index in [2.05, 4.69) is 287 Å². The standard InChI is InChI=1S/C69H55N/c1-68(2,3)52-44-41-49(42-45-52)55-31-14-18-38-64(55)70(66-40-20-16-34-60(66)61-36-22-26-50-25-21-35-57(67(50)61)48-23-7-4-8-24-48)65-39-19-15-32-56(65)51-43-46-59-58-33-13-17-37-62(58)69(63(59)47-51,53-27-9-5-10-28-53)54-29-11-6-12-30-54/h4-46,51H,47H2,1-3H3. The van der Waals surface area contributed by atoms with E-state index >= 15 is 0 Å². The molecule has 1 unspecified atom stereocenters. The lowest BCUT2D eigenvalue weighted by molar-refractivity contribution is 0.590. The summed E-state index contributed by atoms with van der Waals surface area (Å²) in [5.74, 6) is 0.0752. The second kappa shape index (κ2) is 17.7. The van der Waals surface area contributed by atoms with Crippen molar-refractivity contribution in [3.8, 4) is 33.4 Å². The zero-order valence-electron chi connectivity index (χ0n) is 40.1. The van der Waals surface area contributed by atoms with Gasteiger partial charge in [0.15, 0.2) is 0 Å². The molecule has 1 heteroatoms. The van der Waals surface area contributed by atoms with Crippen LogP contribution >= 0.6 is 0 Å². The van der Waals surface area contributed by atoms with Gasteiger partial charge in [-0.25, -0.2) is 0 Å². The van der Waals surface area contributed by atoms with Gasteiger partial charge in [0, 0.05) is 22.7 Å². The lowest BCUT2D eigenvalue weighted by atomic mass is 9.64. The molecule has 0 radical (unpaired) electrons. The topological polar surface area (TPSA) is 3.24 Å². The molecule has 12 rings (SSSR count). The molecule has 10 aromatic rings. The fraction of sp³-hybridized carbons (Fsp3) is 0.101. The van der Waals surface area contributed by atoms with E-state index in [1.165, 1.54) is 88.7 Å². The fourth-order valence-corrected chi connectivity index (χ4v) is 11.7. The van der Waals surface area contributed by atoms with E-state index in [4.69, 9.17) is 0 Å². The number of rotatable bonds is 9. The highest BCUT2D eigenvalue weighted by atomic mass is 15.2. The highest BCUT2D eigenvalue weighted by molar-refractivity contribution is 6.09. The molecule has 0 fully saturated rings. The third-order valence-corrected chi connectivity index (χ3v) is 14.9. The maximum absolute atomic E-state index is 2.57. The Bertz CT molecular complexity index is 3550. The van der Waals surface area contributed by atoms with Gasteiger partial charge in [-0.15, -0.1) is 0 Å². The molecule has 0 saturated heterocycles. The summed E-state index contributed by atoms with van der Waals surface area (Å²) in [4.78, 5) is 2.57. The third kappa shape index (κ3) is 7.24. The molecule has 0 bridgehead atoms. The summed E-state index contributed by atoms with van der Waals surface area (Å²) >= 11 is 0. The predicted octanol–water partition coefficient (Wildman–Crippen LogP) is 18.5. The highest BCUT2D eigenvalue weighted by Gasteiger charge is 2.48. The SMILES string of the molecule is CC(C)(C)c1ccc(-c2ccccc2N(c2ccccc2-c2cccc3cccc(-c4ccccc4)c23)c2ccccc2C2C=CC3=C(C2)C(c2ccccc2)(c2ccccc2)c2ccccc23)cc1. The van der Waals surface area contributed by atoms with Crippen molar-refractivity contribution in [2.45, 2.75) is 43.9 Å². The molecule has 0 amide bonds. The molecule has 10 aromatic carbocycles. The fourth-order valence-electron chi connectivity index (χ4n) is 11.7. The van der Waals surface area contributed by atoms with Gasteiger partial charge in [0.1, 0.15) is 0 Å². The quantitative estimate of drug-likeness (QED) is 0.140. The average Bonchev–Trinajstić information content (AvgIpc) is 3.72. The Kier molecular flexibility index (Phi) is 10.9. The number of hydrogen-bond acceptors (Lipinski definition) is 1. The van der Waals surface area contributed by atoms with Crippen molar-refractivity contribution in [1.82, 2.24) is 0 Å². The van der Waals surface area contributed by atoms with Gasteiger partial charge < -0.3 is 4.90 Å². The normalized spacial score (nSPS) is 14.9. The predicted molar refractivity (Wildman–Crippen MR) is 296 cm³/mol. The van der Waals surface area contributed by atoms with Crippen LogP contribution in [0, 0.1) is 0 Å². The molecule has 70 heavy (non-hydrogen) atoms. The zero-order valence-corrected chi connectivity index (χ0v) is 40.1. The van der Waals surface area contributed by atoms with Crippen LogP contribution in [0.1, 0.15) is 66.5 Å². The van der Waals surface area contributed by atoms with Crippen LogP contribution in [0.2, 0.25) is 0 Å². The maximum atomic E-state index is 2.57. The van der Waals surface area contributed by atoms with Crippen molar-refractivity contribution < 1.29 is 0 Å². The number of hydrogen-bond donors (Lipinski definition) is 0. The summed E-state index contributed by atoms with van der Waals surface area (Å²) < 4.78 is 0. The van der Waals surface area contributed by atoms with Crippen LogP contribution in [0.3, 0.4) is 0 Å². The summed E-state index contributed by atoms with van der Waals surface area (Å²) in [6, 6.07) is 92.4. The van der Waals surface area contributed by atoms with E-state index in [0.29, 0.717) is 0 Å². The van der Waals surface area contributed by atoms with E-state index in [1.54, 1.807) is 0 Å².